The maximum atomic E-state index is 12.7. The average Bonchev–Trinajstić information content (AvgIpc) is 3.41. The van der Waals surface area contributed by atoms with E-state index in [1.54, 1.807) is 11.0 Å². The first-order valence-electron chi connectivity index (χ1n) is 9.79. The molecular formula is C21H21BrN4O4S. The summed E-state index contributed by atoms with van der Waals surface area (Å²) in [6.07, 6.45) is 1.47. The number of esters is 1. The van der Waals surface area contributed by atoms with Gasteiger partial charge in [-0.05, 0) is 38.0 Å². The zero-order valence-corrected chi connectivity index (χ0v) is 19.5. The lowest BCUT2D eigenvalue weighted by Crippen LogP contribution is -2.40. The van der Waals surface area contributed by atoms with Crippen LogP contribution in [0.15, 0.2) is 39.3 Å². The van der Waals surface area contributed by atoms with Crippen LogP contribution in [0.3, 0.4) is 0 Å². The van der Waals surface area contributed by atoms with Gasteiger partial charge in [0.25, 0.3) is 0 Å². The van der Waals surface area contributed by atoms with Crippen LogP contribution in [0, 0.1) is 6.92 Å². The molecule has 0 spiro atoms. The Morgan fingerprint density at radius 3 is 2.74 bits per heavy atom. The molecule has 1 N–H and O–H groups in total. The topological polar surface area (TPSA) is 97.6 Å². The van der Waals surface area contributed by atoms with E-state index in [1.807, 2.05) is 31.2 Å². The number of amides is 2. The van der Waals surface area contributed by atoms with Gasteiger partial charge in [0.15, 0.2) is 0 Å². The van der Waals surface area contributed by atoms with Crippen molar-refractivity contribution in [3.63, 3.8) is 0 Å². The third-order valence-electron chi connectivity index (χ3n) is 5.23. The maximum Gasteiger partial charge on any atom is 0.348 e. The van der Waals surface area contributed by atoms with Crippen LogP contribution >= 0.6 is 27.3 Å². The quantitative estimate of drug-likeness (QED) is 0.498. The van der Waals surface area contributed by atoms with E-state index in [0.29, 0.717) is 35.4 Å². The van der Waals surface area contributed by atoms with Crippen molar-refractivity contribution in [3.05, 3.63) is 50.4 Å². The van der Waals surface area contributed by atoms with Gasteiger partial charge in [0.05, 0.1) is 12.8 Å². The monoisotopic (exact) mass is 504 g/mol. The lowest BCUT2D eigenvalue weighted by Gasteiger charge is -2.30. The van der Waals surface area contributed by atoms with Crippen molar-refractivity contribution < 1.29 is 18.8 Å². The summed E-state index contributed by atoms with van der Waals surface area (Å²) in [5.74, 6) is 0.858. The molecule has 3 aromatic rings. The summed E-state index contributed by atoms with van der Waals surface area (Å²) in [5.41, 5.74) is 1.51. The molecule has 0 radical (unpaired) electrons. The second kappa shape index (κ2) is 9.19. The number of piperidine rings is 1. The number of methoxy groups -OCH3 is 1. The fourth-order valence-corrected chi connectivity index (χ4v) is 4.84. The number of aromatic nitrogens is 2. The van der Waals surface area contributed by atoms with Crippen molar-refractivity contribution in [2.75, 3.05) is 25.5 Å². The van der Waals surface area contributed by atoms with Gasteiger partial charge < -0.3 is 19.5 Å². The van der Waals surface area contributed by atoms with E-state index in [4.69, 9.17) is 9.26 Å². The van der Waals surface area contributed by atoms with Crippen molar-refractivity contribution in [2.24, 2.45) is 0 Å². The summed E-state index contributed by atoms with van der Waals surface area (Å²) in [7, 11) is 1.34. The number of carbonyl (C=O) groups excluding carboxylic acids is 2. The van der Waals surface area contributed by atoms with Crippen molar-refractivity contribution in [2.45, 2.75) is 25.7 Å². The number of thiophene rings is 1. The molecule has 1 saturated heterocycles. The first kappa shape index (κ1) is 21.5. The maximum absolute atomic E-state index is 12.7. The fourth-order valence-electron chi connectivity index (χ4n) is 3.48. The average molecular weight is 505 g/mol. The summed E-state index contributed by atoms with van der Waals surface area (Å²) in [6.45, 7) is 3.02. The Morgan fingerprint density at radius 2 is 2.03 bits per heavy atom. The lowest BCUT2D eigenvalue weighted by atomic mass is 9.97. The van der Waals surface area contributed by atoms with Gasteiger partial charge in [-0.15, -0.1) is 11.3 Å². The van der Waals surface area contributed by atoms with Crippen LogP contribution in [-0.4, -0.2) is 47.2 Å². The third-order valence-corrected chi connectivity index (χ3v) is 6.96. The minimum atomic E-state index is -0.407. The predicted octanol–water partition coefficient (Wildman–Crippen LogP) is 5.07. The summed E-state index contributed by atoms with van der Waals surface area (Å²) >= 11 is 4.81. The molecular weight excluding hydrogens is 484 g/mol. The molecule has 1 aliphatic heterocycles. The van der Waals surface area contributed by atoms with Gasteiger partial charge in [-0.2, -0.15) is 4.98 Å². The van der Waals surface area contributed by atoms with Gasteiger partial charge in [0.1, 0.15) is 4.88 Å². The number of nitrogens with zero attached hydrogens (tertiary/aromatic N) is 3. The summed E-state index contributed by atoms with van der Waals surface area (Å²) < 4.78 is 11.2. The summed E-state index contributed by atoms with van der Waals surface area (Å²) in [6, 6.07) is 9.20. The Bertz CT molecular complexity index is 1100. The Kier molecular flexibility index (Phi) is 6.38. The van der Waals surface area contributed by atoms with Gasteiger partial charge in [-0.3, -0.25) is 0 Å². The third kappa shape index (κ3) is 4.64. The highest BCUT2D eigenvalue weighted by atomic mass is 79.9. The van der Waals surface area contributed by atoms with Crippen LogP contribution in [0.4, 0.5) is 10.5 Å². The summed E-state index contributed by atoms with van der Waals surface area (Å²) in [5, 5.41) is 7.02. The van der Waals surface area contributed by atoms with E-state index in [2.05, 4.69) is 31.4 Å². The van der Waals surface area contributed by atoms with E-state index in [1.165, 1.54) is 18.4 Å². The Balaban J connectivity index is 1.36. The molecule has 1 aromatic carbocycles. The number of nitrogens with one attached hydrogen (secondary N) is 1. The molecule has 0 aliphatic carbocycles. The summed E-state index contributed by atoms with van der Waals surface area (Å²) in [4.78, 5) is 32.0. The first-order chi connectivity index (χ1) is 15.0. The Labute approximate surface area is 191 Å². The second-order valence-corrected chi connectivity index (χ2v) is 9.31. The molecule has 0 atom stereocenters. The van der Waals surface area contributed by atoms with Crippen LogP contribution in [-0.2, 0) is 4.74 Å². The molecule has 10 heteroatoms. The molecule has 0 unspecified atom stereocenters. The highest BCUT2D eigenvalue weighted by molar-refractivity contribution is 9.10. The smallest absolute Gasteiger partial charge is 0.348 e. The molecule has 1 aliphatic rings. The Morgan fingerprint density at radius 1 is 1.29 bits per heavy atom. The number of anilines is 1. The lowest BCUT2D eigenvalue weighted by molar-refractivity contribution is 0.0606. The SMILES string of the molecule is COC(=O)c1cc(NC(=O)N2CCC(c3nc(-c4ccccc4Br)no3)CC2)c(C)s1. The zero-order valence-electron chi connectivity index (χ0n) is 17.1. The van der Waals surface area contributed by atoms with Gasteiger partial charge in [0.2, 0.25) is 11.7 Å². The molecule has 3 heterocycles. The van der Waals surface area contributed by atoms with Gasteiger partial charge >= 0.3 is 12.0 Å². The predicted molar refractivity (Wildman–Crippen MR) is 120 cm³/mol. The van der Waals surface area contributed by atoms with Crippen molar-refractivity contribution >= 4 is 45.0 Å². The first-order valence-corrected chi connectivity index (χ1v) is 11.4. The van der Waals surface area contributed by atoms with Gasteiger partial charge in [-0.1, -0.05) is 33.2 Å². The molecule has 162 valence electrons. The van der Waals surface area contributed by atoms with Crippen LogP contribution in [0.2, 0.25) is 0 Å². The normalized spacial score (nSPS) is 14.5. The molecule has 0 bridgehead atoms. The van der Waals surface area contributed by atoms with Crippen LogP contribution in [0.1, 0.15) is 39.2 Å². The number of rotatable bonds is 4. The highest BCUT2D eigenvalue weighted by Gasteiger charge is 2.28. The van der Waals surface area contributed by atoms with Crippen LogP contribution in [0.25, 0.3) is 11.4 Å². The number of likely N-dealkylation sites (tertiary alicyclic amines) is 1. The van der Waals surface area contributed by atoms with Crippen LogP contribution < -0.4 is 5.32 Å². The molecule has 1 fully saturated rings. The van der Waals surface area contributed by atoms with Crippen molar-refractivity contribution in [1.29, 1.82) is 0 Å². The van der Waals surface area contributed by atoms with E-state index in [9.17, 15) is 9.59 Å². The number of carbonyl (C=O) groups is 2. The van der Waals surface area contributed by atoms with E-state index in [0.717, 1.165) is 27.8 Å². The standard InChI is InChI=1S/C21H21BrN4O4S/c1-12-16(11-17(31-12)20(27)29-2)23-21(28)26-9-7-13(8-10-26)19-24-18(25-30-19)14-5-3-4-6-15(14)22/h3-6,11,13H,7-10H2,1-2H3,(H,23,28). The minimum absolute atomic E-state index is 0.113. The van der Waals surface area contributed by atoms with Gasteiger partial charge in [-0.25, -0.2) is 9.59 Å². The number of ether oxygens (including phenoxy) is 1. The van der Waals surface area contributed by atoms with Crippen molar-refractivity contribution in [3.8, 4) is 11.4 Å². The zero-order chi connectivity index (χ0) is 22.0. The molecule has 31 heavy (non-hydrogen) atoms. The largest absolute Gasteiger partial charge is 0.465 e. The molecule has 8 nitrogen and oxygen atoms in total. The van der Waals surface area contributed by atoms with Crippen molar-refractivity contribution in [1.82, 2.24) is 15.0 Å². The number of urea groups is 1. The van der Waals surface area contributed by atoms with Crippen LogP contribution in [0.5, 0.6) is 0 Å². The van der Waals surface area contributed by atoms with E-state index >= 15 is 0 Å². The Hall–Kier alpha value is -2.72. The molecule has 2 amide bonds. The van der Waals surface area contributed by atoms with E-state index < -0.39 is 5.97 Å². The number of halogens is 1. The fraction of sp³-hybridized carbons (Fsp3) is 0.333. The number of hydrogen-bond donors (Lipinski definition) is 1. The van der Waals surface area contributed by atoms with Gasteiger partial charge in [0, 0.05) is 33.9 Å². The second-order valence-electron chi connectivity index (χ2n) is 7.20. The van der Waals surface area contributed by atoms with E-state index in [-0.39, 0.29) is 11.9 Å². The molecule has 4 rings (SSSR count). The number of benzene rings is 1. The number of aryl methyl sites for hydroxylation is 1. The number of hydrogen-bond acceptors (Lipinski definition) is 7. The molecule has 0 saturated carbocycles. The minimum Gasteiger partial charge on any atom is -0.465 e. The molecule has 2 aromatic heterocycles. The highest BCUT2D eigenvalue weighted by Crippen LogP contribution is 2.32.